The molecule has 4 saturated heterocycles. The van der Waals surface area contributed by atoms with Gasteiger partial charge in [-0.05, 0) is 42.9 Å². The number of nitrogens with zero attached hydrogens (tertiary/aromatic N) is 2. The van der Waals surface area contributed by atoms with E-state index in [4.69, 9.17) is 11.6 Å². The highest BCUT2D eigenvalue weighted by Crippen LogP contribution is 2.49. The molecule has 5 rings (SSSR count). The molecule has 14 heteroatoms. The molecule has 0 aromatic heterocycles. The molecule has 39 heavy (non-hydrogen) atoms. The highest BCUT2D eigenvalue weighted by molar-refractivity contribution is 6.30. The van der Waals surface area contributed by atoms with Crippen LogP contribution in [0.3, 0.4) is 0 Å². The lowest BCUT2D eigenvalue weighted by Crippen LogP contribution is -2.53. The summed E-state index contributed by atoms with van der Waals surface area (Å²) in [4.78, 5) is 28.0. The van der Waals surface area contributed by atoms with Crippen LogP contribution in [0.15, 0.2) is 18.2 Å². The number of anilines is 1. The van der Waals surface area contributed by atoms with Crippen LogP contribution >= 0.6 is 11.6 Å². The predicted molar refractivity (Wildman–Crippen MR) is 129 cm³/mol. The highest BCUT2D eigenvalue weighted by Gasteiger charge is 2.66. The normalized spacial score (nSPS) is 29.3. The zero-order chi connectivity index (χ0) is 28.3. The first-order chi connectivity index (χ1) is 18.2. The van der Waals surface area contributed by atoms with E-state index in [1.54, 1.807) is 23.1 Å². The summed E-state index contributed by atoms with van der Waals surface area (Å²) in [6.07, 6.45) is -9.07. The summed E-state index contributed by atoms with van der Waals surface area (Å²) in [6.45, 7) is 1.98. The molecule has 3 N–H and O–H groups in total. The number of piperidine rings is 1. The fourth-order valence-corrected chi connectivity index (χ4v) is 7.19. The van der Waals surface area contributed by atoms with Crippen LogP contribution in [0.2, 0.25) is 5.02 Å². The van der Waals surface area contributed by atoms with Gasteiger partial charge in [0.05, 0.1) is 5.41 Å². The summed E-state index contributed by atoms with van der Waals surface area (Å²) in [5, 5.41) is 15.1. The maximum absolute atomic E-state index is 13.6. The molecule has 0 bridgehead atoms. The van der Waals surface area contributed by atoms with Crippen LogP contribution in [0.5, 0.6) is 0 Å². The number of amides is 1. The summed E-state index contributed by atoms with van der Waals surface area (Å²) in [5.41, 5.74) is 1.19. The number of hydrogen-bond donors (Lipinski definition) is 3. The molecule has 0 radical (unpaired) electrons. The molecule has 216 valence electrons. The van der Waals surface area contributed by atoms with Gasteiger partial charge in [0.2, 0.25) is 5.91 Å². The van der Waals surface area contributed by atoms with Crippen molar-refractivity contribution in [2.45, 2.75) is 50.2 Å². The lowest BCUT2D eigenvalue weighted by atomic mass is 9.77. The van der Waals surface area contributed by atoms with Crippen molar-refractivity contribution in [3.8, 4) is 0 Å². The Labute approximate surface area is 225 Å². The molecular weight excluding hydrogens is 554 g/mol. The third kappa shape index (κ3) is 5.29. The van der Waals surface area contributed by atoms with Crippen LogP contribution in [0, 0.1) is 23.2 Å². The molecule has 1 aromatic rings. The van der Waals surface area contributed by atoms with E-state index in [9.17, 15) is 41.0 Å². The average Bonchev–Trinajstić information content (AvgIpc) is 3.49. The summed E-state index contributed by atoms with van der Waals surface area (Å²) in [7, 11) is 0. The Morgan fingerprint density at radius 2 is 1.72 bits per heavy atom. The van der Waals surface area contributed by atoms with Gasteiger partial charge in [-0.2, -0.15) is 26.3 Å². The number of likely N-dealkylation sites (tertiary alicyclic amines) is 1. The van der Waals surface area contributed by atoms with Crippen LogP contribution in [-0.2, 0) is 16.1 Å². The number of aliphatic carboxylic acids is 1. The smallest absolute Gasteiger partial charge is 0.402 e. The number of nitrogens with one attached hydrogen (secondary N) is 2. The first-order valence-electron chi connectivity index (χ1n) is 12.9. The number of carboxylic acid groups (broad SMARTS) is 1. The number of fused-ring (bicyclic) bond motifs is 1. The van der Waals surface area contributed by atoms with E-state index in [1.807, 2.05) is 0 Å². The van der Waals surface area contributed by atoms with Gasteiger partial charge in [-0.3, -0.25) is 14.5 Å². The zero-order valence-corrected chi connectivity index (χ0v) is 21.5. The SMILES string of the molecule is O=C(O)C1NC(C(C(F)(F)F)C(F)(F)F)C2CN(Cc3ccc(Cl)cc3N3CCC4(CCNC4=O)CC3)CC12. The Kier molecular flexibility index (Phi) is 7.24. The van der Waals surface area contributed by atoms with Gasteiger partial charge in [0.15, 0.2) is 5.92 Å². The van der Waals surface area contributed by atoms with Crippen molar-refractivity contribution >= 4 is 29.2 Å². The second-order valence-corrected chi connectivity index (χ2v) is 11.6. The second kappa shape index (κ2) is 9.99. The van der Waals surface area contributed by atoms with Crippen LogP contribution in [-0.4, -0.2) is 79.0 Å². The average molecular weight is 583 g/mol. The first kappa shape index (κ1) is 28.3. The predicted octanol–water partition coefficient (Wildman–Crippen LogP) is 3.66. The fourth-order valence-electron chi connectivity index (χ4n) is 7.02. The van der Waals surface area contributed by atoms with Crippen molar-refractivity contribution in [2.24, 2.45) is 23.2 Å². The summed E-state index contributed by atoms with van der Waals surface area (Å²) >= 11 is 6.28. The molecule has 7 nitrogen and oxygen atoms in total. The van der Waals surface area contributed by atoms with Crippen LogP contribution in [0.25, 0.3) is 0 Å². The Balaban J connectivity index is 1.35. The Bertz CT molecular complexity index is 1110. The van der Waals surface area contributed by atoms with Crippen LogP contribution in [0.4, 0.5) is 32.0 Å². The second-order valence-electron chi connectivity index (χ2n) is 11.1. The van der Waals surface area contributed by atoms with Crippen molar-refractivity contribution in [1.82, 2.24) is 15.5 Å². The van der Waals surface area contributed by atoms with Gasteiger partial charge >= 0.3 is 18.3 Å². The number of carboxylic acids is 1. The van der Waals surface area contributed by atoms with Gasteiger partial charge in [-0.15, -0.1) is 0 Å². The Hall–Kier alpha value is -2.25. The van der Waals surface area contributed by atoms with Crippen molar-refractivity contribution < 1.29 is 41.0 Å². The molecule has 4 atom stereocenters. The largest absolute Gasteiger partial charge is 0.480 e. The van der Waals surface area contributed by atoms with Crippen molar-refractivity contribution in [3.05, 3.63) is 28.8 Å². The molecule has 4 unspecified atom stereocenters. The molecule has 4 aliphatic heterocycles. The zero-order valence-electron chi connectivity index (χ0n) is 20.8. The third-order valence-electron chi connectivity index (χ3n) is 8.95. The fraction of sp³-hybridized carbons (Fsp3) is 0.680. The molecule has 0 saturated carbocycles. The minimum Gasteiger partial charge on any atom is -0.480 e. The quantitative estimate of drug-likeness (QED) is 0.460. The standard InChI is InChI=1S/C25H29ClF6N4O3/c26-14-2-1-13(17(9-14)36-7-4-23(5-8-36)3-6-33-22(23)39)10-35-11-15-16(12-35)19(21(37)38)34-18(15)20(24(27,28)29)25(30,31)32/h1-2,9,15-16,18-20,34H,3-8,10-12H2,(H,33,39)(H,37,38). The number of alkyl halides is 6. The Morgan fingerprint density at radius 1 is 1.08 bits per heavy atom. The number of halogens is 7. The summed E-state index contributed by atoms with van der Waals surface area (Å²) in [5.74, 6) is -7.13. The van der Waals surface area contributed by atoms with E-state index >= 15 is 0 Å². The van der Waals surface area contributed by atoms with Gasteiger partial charge in [0, 0.05) is 61.9 Å². The van der Waals surface area contributed by atoms with Gasteiger partial charge in [0.1, 0.15) is 6.04 Å². The Morgan fingerprint density at radius 3 is 2.28 bits per heavy atom. The summed E-state index contributed by atoms with van der Waals surface area (Å²) in [6, 6.07) is 1.60. The minimum atomic E-state index is -5.58. The summed E-state index contributed by atoms with van der Waals surface area (Å²) < 4.78 is 81.4. The number of rotatable bonds is 5. The van der Waals surface area contributed by atoms with Crippen LogP contribution < -0.4 is 15.5 Å². The van der Waals surface area contributed by atoms with E-state index in [1.165, 1.54) is 0 Å². The van der Waals surface area contributed by atoms with E-state index in [0.717, 1.165) is 17.7 Å². The molecule has 0 aliphatic carbocycles. The topological polar surface area (TPSA) is 84.9 Å². The molecule has 4 aliphatic rings. The monoisotopic (exact) mass is 582 g/mol. The maximum atomic E-state index is 13.6. The van der Waals surface area contributed by atoms with Gasteiger partial charge < -0.3 is 20.6 Å². The lowest BCUT2D eigenvalue weighted by molar-refractivity contribution is -0.293. The van der Waals surface area contributed by atoms with Crippen molar-refractivity contribution in [3.63, 3.8) is 0 Å². The highest BCUT2D eigenvalue weighted by atomic mass is 35.5. The molecule has 4 fully saturated rings. The lowest BCUT2D eigenvalue weighted by Gasteiger charge is -2.39. The number of carbonyl (C=O) groups excluding carboxylic acids is 1. The minimum absolute atomic E-state index is 0.0406. The molecular formula is C25H29ClF6N4O3. The van der Waals surface area contributed by atoms with E-state index in [2.05, 4.69) is 15.5 Å². The molecule has 1 spiro atoms. The molecule has 4 heterocycles. The van der Waals surface area contributed by atoms with E-state index in [0.29, 0.717) is 37.5 Å². The van der Waals surface area contributed by atoms with Gasteiger partial charge in [0.25, 0.3) is 0 Å². The number of carbonyl (C=O) groups is 2. The number of benzene rings is 1. The van der Waals surface area contributed by atoms with Gasteiger partial charge in [-0.25, -0.2) is 0 Å². The number of hydrogen-bond acceptors (Lipinski definition) is 5. The van der Waals surface area contributed by atoms with Crippen molar-refractivity contribution in [2.75, 3.05) is 37.6 Å². The van der Waals surface area contributed by atoms with E-state index < -0.39 is 48.2 Å². The van der Waals surface area contributed by atoms with Gasteiger partial charge in [-0.1, -0.05) is 17.7 Å². The maximum Gasteiger partial charge on any atom is 0.402 e. The third-order valence-corrected chi connectivity index (χ3v) is 9.19. The molecule has 1 amide bonds. The van der Waals surface area contributed by atoms with Crippen LogP contribution in [0.1, 0.15) is 24.8 Å². The van der Waals surface area contributed by atoms with Crippen molar-refractivity contribution in [1.29, 1.82) is 0 Å². The first-order valence-corrected chi connectivity index (χ1v) is 13.2. The van der Waals surface area contributed by atoms with E-state index in [-0.39, 0.29) is 31.0 Å². The molecule has 1 aromatic carbocycles.